The maximum Gasteiger partial charge on any atom is 0.305 e. The second-order valence-electron chi connectivity index (χ2n) is 3.90. The van der Waals surface area contributed by atoms with Crippen LogP contribution in [0.25, 0.3) is 0 Å². The molecule has 1 aromatic rings. The summed E-state index contributed by atoms with van der Waals surface area (Å²) in [5.41, 5.74) is 5.59. The average Bonchev–Trinajstić information content (AvgIpc) is 2.38. The van der Waals surface area contributed by atoms with E-state index in [0.29, 0.717) is 19.6 Å². The highest BCUT2D eigenvalue weighted by Crippen LogP contribution is 2.11. The number of halogens is 1. The van der Waals surface area contributed by atoms with Crippen molar-refractivity contribution in [2.24, 2.45) is 0 Å². The summed E-state index contributed by atoms with van der Waals surface area (Å²) < 4.78 is 17.7. The van der Waals surface area contributed by atoms with Gasteiger partial charge in [0.2, 0.25) is 0 Å². The molecule has 0 saturated carbocycles. The van der Waals surface area contributed by atoms with Crippen LogP contribution in [0.1, 0.15) is 30.1 Å². The zero-order valence-corrected chi connectivity index (χ0v) is 10.7. The Bertz CT molecular complexity index is 463. The summed E-state index contributed by atoms with van der Waals surface area (Å²) in [6, 6.07) is 3.77. The molecule has 0 aliphatic rings. The number of nitrogen functional groups attached to an aromatic ring is 1. The van der Waals surface area contributed by atoms with Crippen LogP contribution >= 0.6 is 0 Å². The van der Waals surface area contributed by atoms with Crippen molar-refractivity contribution in [1.29, 1.82) is 0 Å². The smallest absolute Gasteiger partial charge is 0.305 e. The number of nitrogens with two attached hydrogens (primary N) is 1. The fourth-order valence-electron chi connectivity index (χ4n) is 1.45. The topological polar surface area (TPSA) is 81.4 Å². The molecule has 19 heavy (non-hydrogen) atoms. The highest BCUT2D eigenvalue weighted by Gasteiger charge is 2.08. The Labute approximate surface area is 110 Å². The van der Waals surface area contributed by atoms with Gasteiger partial charge in [0.05, 0.1) is 12.3 Å². The molecule has 0 aliphatic carbocycles. The molecule has 1 amide bonds. The SMILES string of the molecule is CCOC(=O)CCCNC(=O)c1ccc(F)c(N)c1. The molecule has 6 heteroatoms. The van der Waals surface area contributed by atoms with E-state index in [1.807, 2.05) is 0 Å². The number of hydrogen-bond donors (Lipinski definition) is 2. The third-order valence-corrected chi connectivity index (χ3v) is 2.41. The van der Waals surface area contributed by atoms with Gasteiger partial charge in [-0.15, -0.1) is 0 Å². The van der Waals surface area contributed by atoms with Crippen molar-refractivity contribution >= 4 is 17.6 Å². The zero-order valence-electron chi connectivity index (χ0n) is 10.7. The summed E-state index contributed by atoms with van der Waals surface area (Å²) in [4.78, 5) is 22.7. The fourth-order valence-corrected chi connectivity index (χ4v) is 1.45. The Morgan fingerprint density at radius 1 is 1.42 bits per heavy atom. The summed E-state index contributed by atoms with van der Waals surface area (Å²) >= 11 is 0. The van der Waals surface area contributed by atoms with Crippen LogP contribution < -0.4 is 11.1 Å². The number of hydrogen-bond acceptors (Lipinski definition) is 4. The number of carbonyl (C=O) groups is 2. The highest BCUT2D eigenvalue weighted by atomic mass is 19.1. The summed E-state index contributed by atoms with van der Waals surface area (Å²) in [6.45, 7) is 2.42. The molecule has 0 bridgehead atoms. The lowest BCUT2D eigenvalue weighted by Crippen LogP contribution is -2.25. The van der Waals surface area contributed by atoms with Gasteiger partial charge in [-0.3, -0.25) is 9.59 Å². The maximum atomic E-state index is 12.9. The van der Waals surface area contributed by atoms with Gasteiger partial charge in [-0.2, -0.15) is 0 Å². The van der Waals surface area contributed by atoms with E-state index < -0.39 is 5.82 Å². The van der Waals surface area contributed by atoms with Gasteiger partial charge in [-0.25, -0.2) is 4.39 Å². The predicted octanol–water partition coefficient (Wildman–Crippen LogP) is 1.48. The normalized spacial score (nSPS) is 10.0. The molecule has 0 saturated heterocycles. The van der Waals surface area contributed by atoms with E-state index in [2.05, 4.69) is 5.32 Å². The largest absolute Gasteiger partial charge is 0.466 e. The molecule has 3 N–H and O–H groups in total. The van der Waals surface area contributed by atoms with Crippen LogP contribution in [0.15, 0.2) is 18.2 Å². The molecule has 0 fully saturated rings. The van der Waals surface area contributed by atoms with Crippen LogP contribution in [0.4, 0.5) is 10.1 Å². The van der Waals surface area contributed by atoms with Crippen molar-refractivity contribution in [2.45, 2.75) is 19.8 Å². The number of benzene rings is 1. The van der Waals surface area contributed by atoms with Crippen molar-refractivity contribution < 1.29 is 18.7 Å². The lowest BCUT2D eigenvalue weighted by Gasteiger charge is -2.06. The predicted molar refractivity (Wildman–Crippen MR) is 69.0 cm³/mol. The highest BCUT2D eigenvalue weighted by molar-refractivity contribution is 5.95. The molecule has 0 heterocycles. The zero-order chi connectivity index (χ0) is 14.3. The summed E-state index contributed by atoms with van der Waals surface area (Å²) in [7, 11) is 0. The van der Waals surface area contributed by atoms with Crippen LogP contribution in [0.5, 0.6) is 0 Å². The second kappa shape index (κ2) is 7.35. The first-order valence-corrected chi connectivity index (χ1v) is 6.03. The molecule has 0 aromatic heterocycles. The van der Waals surface area contributed by atoms with Crippen LogP contribution in [0, 0.1) is 5.82 Å². The Kier molecular flexibility index (Phi) is 5.78. The van der Waals surface area contributed by atoms with E-state index in [-0.39, 0.29) is 29.5 Å². The van der Waals surface area contributed by atoms with E-state index in [0.717, 1.165) is 6.07 Å². The molecular weight excluding hydrogens is 251 g/mol. The van der Waals surface area contributed by atoms with Crippen molar-refractivity contribution in [1.82, 2.24) is 5.32 Å². The summed E-state index contributed by atoms with van der Waals surface area (Å²) in [5.74, 6) is -1.20. The van der Waals surface area contributed by atoms with E-state index in [1.54, 1.807) is 6.92 Å². The fraction of sp³-hybridized carbons (Fsp3) is 0.385. The number of rotatable bonds is 6. The second-order valence-corrected chi connectivity index (χ2v) is 3.90. The Morgan fingerprint density at radius 3 is 2.79 bits per heavy atom. The maximum absolute atomic E-state index is 12.9. The first-order chi connectivity index (χ1) is 9.04. The van der Waals surface area contributed by atoms with Gasteiger partial charge >= 0.3 is 5.97 Å². The molecular formula is C13H17FN2O3. The van der Waals surface area contributed by atoms with Gasteiger partial charge < -0.3 is 15.8 Å². The molecule has 1 rings (SSSR count). The third kappa shape index (κ3) is 4.95. The van der Waals surface area contributed by atoms with Crippen molar-refractivity contribution in [3.8, 4) is 0 Å². The lowest BCUT2D eigenvalue weighted by molar-refractivity contribution is -0.143. The van der Waals surface area contributed by atoms with Crippen LogP contribution in [-0.4, -0.2) is 25.0 Å². The molecule has 1 aromatic carbocycles. The van der Waals surface area contributed by atoms with Crippen LogP contribution in [0.2, 0.25) is 0 Å². The van der Waals surface area contributed by atoms with E-state index in [1.165, 1.54) is 12.1 Å². The lowest BCUT2D eigenvalue weighted by atomic mass is 10.2. The third-order valence-electron chi connectivity index (χ3n) is 2.41. The van der Waals surface area contributed by atoms with Gasteiger partial charge in [-0.05, 0) is 31.5 Å². The van der Waals surface area contributed by atoms with Gasteiger partial charge in [-0.1, -0.05) is 0 Å². The first-order valence-electron chi connectivity index (χ1n) is 6.03. The van der Waals surface area contributed by atoms with Gasteiger partial charge in [0.25, 0.3) is 5.91 Å². The minimum absolute atomic E-state index is 0.0702. The monoisotopic (exact) mass is 268 g/mol. The molecule has 0 unspecified atom stereocenters. The molecule has 0 atom stereocenters. The number of ether oxygens (including phenoxy) is 1. The van der Waals surface area contributed by atoms with E-state index >= 15 is 0 Å². The number of amides is 1. The molecule has 0 spiro atoms. The summed E-state index contributed by atoms with van der Waals surface area (Å²) in [5, 5.41) is 2.62. The molecule has 0 aliphatic heterocycles. The number of esters is 1. The Balaban J connectivity index is 2.35. The minimum atomic E-state index is -0.557. The molecule has 104 valence electrons. The summed E-state index contributed by atoms with van der Waals surface area (Å²) in [6.07, 6.45) is 0.737. The standard InChI is InChI=1S/C13H17FN2O3/c1-2-19-12(17)4-3-7-16-13(18)9-5-6-10(14)11(15)8-9/h5-6,8H,2-4,7,15H2,1H3,(H,16,18). The number of anilines is 1. The van der Waals surface area contributed by atoms with E-state index in [9.17, 15) is 14.0 Å². The van der Waals surface area contributed by atoms with Crippen LogP contribution in [-0.2, 0) is 9.53 Å². The first kappa shape index (κ1) is 14.9. The minimum Gasteiger partial charge on any atom is -0.466 e. The number of carbonyl (C=O) groups excluding carboxylic acids is 2. The van der Waals surface area contributed by atoms with Gasteiger partial charge in [0.15, 0.2) is 0 Å². The number of nitrogens with one attached hydrogen (secondary N) is 1. The van der Waals surface area contributed by atoms with E-state index in [4.69, 9.17) is 10.5 Å². The van der Waals surface area contributed by atoms with Crippen molar-refractivity contribution in [2.75, 3.05) is 18.9 Å². The van der Waals surface area contributed by atoms with Gasteiger partial charge in [0, 0.05) is 18.5 Å². The Morgan fingerprint density at radius 2 is 2.16 bits per heavy atom. The Hall–Kier alpha value is -2.11. The molecule has 5 nitrogen and oxygen atoms in total. The average molecular weight is 268 g/mol. The van der Waals surface area contributed by atoms with Crippen molar-refractivity contribution in [3.05, 3.63) is 29.6 Å². The molecule has 0 radical (unpaired) electrons. The van der Waals surface area contributed by atoms with Gasteiger partial charge in [0.1, 0.15) is 5.82 Å². The van der Waals surface area contributed by atoms with Crippen molar-refractivity contribution in [3.63, 3.8) is 0 Å². The van der Waals surface area contributed by atoms with Crippen LogP contribution in [0.3, 0.4) is 0 Å². The quantitative estimate of drug-likeness (QED) is 0.465.